The second kappa shape index (κ2) is 6.44. The number of halogens is 1. The van der Waals surface area contributed by atoms with Crippen molar-refractivity contribution < 1.29 is 8.81 Å². The van der Waals surface area contributed by atoms with E-state index >= 15 is 0 Å². The van der Waals surface area contributed by atoms with Gasteiger partial charge in [0, 0.05) is 18.0 Å². The minimum atomic E-state index is -0.187. The van der Waals surface area contributed by atoms with Gasteiger partial charge in [-0.05, 0) is 50.1 Å². The fourth-order valence-corrected chi connectivity index (χ4v) is 2.68. The van der Waals surface area contributed by atoms with Crippen molar-refractivity contribution in [2.24, 2.45) is 0 Å². The van der Waals surface area contributed by atoms with Crippen molar-refractivity contribution in [1.29, 1.82) is 0 Å². The van der Waals surface area contributed by atoms with Gasteiger partial charge in [-0.3, -0.25) is 0 Å². The Morgan fingerprint density at radius 2 is 2.00 bits per heavy atom. The van der Waals surface area contributed by atoms with Crippen molar-refractivity contribution in [2.75, 3.05) is 0 Å². The molecule has 1 aromatic carbocycles. The summed E-state index contributed by atoms with van der Waals surface area (Å²) in [6, 6.07) is 11.1. The van der Waals surface area contributed by atoms with Crippen LogP contribution in [-0.2, 0) is 12.0 Å². The average molecular weight is 289 g/mol. The van der Waals surface area contributed by atoms with Gasteiger partial charge in [-0.15, -0.1) is 0 Å². The smallest absolute Gasteiger partial charge is 0.123 e. The molecule has 114 valence electrons. The number of hydrogen-bond acceptors (Lipinski definition) is 2. The molecular weight excluding hydrogens is 265 g/mol. The van der Waals surface area contributed by atoms with Crippen molar-refractivity contribution >= 4 is 0 Å². The summed E-state index contributed by atoms with van der Waals surface area (Å²) in [6.45, 7) is 9.16. The van der Waals surface area contributed by atoms with Gasteiger partial charge in [0.2, 0.25) is 0 Å². The molecule has 1 atom stereocenters. The molecule has 21 heavy (non-hydrogen) atoms. The zero-order chi connectivity index (χ0) is 15.5. The number of aryl methyl sites for hydroxylation is 1. The molecule has 0 saturated heterocycles. The molecule has 1 heterocycles. The number of furan rings is 1. The largest absolute Gasteiger partial charge is 0.466 e. The van der Waals surface area contributed by atoms with Gasteiger partial charge in [-0.2, -0.15) is 0 Å². The van der Waals surface area contributed by atoms with Crippen LogP contribution in [0.5, 0.6) is 0 Å². The van der Waals surface area contributed by atoms with E-state index in [-0.39, 0.29) is 11.2 Å². The van der Waals surface area contributed by atoms with E-state index < -0.39 is 0 Å². The van der Waals surface area contributed by atoms with Crippen LogP contribution < -0.4 is 5.32 Å². The summed E-state index contributed by atoms with van der Waals surface area (Å²) in [6.07, 6.45) is 0.954. The fourth-order valence-electron chi connectivity index (χ4n) is 2.68. The summed E-state index contributed by atoms with van der Waals surface area (Å²) in [5.41, 5.74) is 0.941. The van der Waals surface area contributed by atoms with E-state index in [0.29, 0.717) is 12.6 Å². The predicted octanol–water partition coefficient (Wildman–Crippen LogP) is 4.57. The highest BCUT2D eigenvalue weighted by Crippen LogP contribution is 2.29. The summed E-state index contributed by atoms with van der Waals surface area (Å²) in [7, 11) is 0. The Kier molecular flexibility index (Phi) is 4.84. The second-order valence-corrected chi connectivity index (χ2v) is 6.41. The maximum absolute atomic E-state index is 13.1. The molecule has 0 aliphatic rings. The first-order valence-corrected chi connectivity index (χ1v) is 7.41. The fraction of sp³-hybridized carbons (Fsp3) is 0.444. The Hall–Kier alpha value is -1.61. The second-order valence-electron chi connectivity index (χ2n) is 6.41. The van der Waals surface area contributed by atoms with Crippen molar-refractivity contribution in [3.8, 4) is 0 Å². The van der Waals surface area contributed by atoms with Crippen LogP contribution in [0.15, 0.2) is 40.8 Å². The van der Waals surface area contributed by atoms with E-state index in [2.05, 4.69) is 32.2 Å². The third-order valence-electron chi connectivity index (χ3n) is 3.77. The minimum Gasteiger partial charge on any atom is -0.466 e. The van der Waals surface area contributed by atoms with Crippen LogP contribution in [0, 0.1) is 12.7 Å². The lowest BCUT2D eigenvalue weighted by molar-refractivity contribution is 0.319. The molecule has 3 heteroatoms. The van der Waals surface area contributed by atoms with Crippen LogP contribution in [0.3, 0.4) is 0 Å². The van der Waals surface area contributed by atoms with E-state index in [1.807, 2.05) is 19.1 Å². The summed E-state index contributed by atoms with van der Waals surface area (Å²) >= 11 is 0. The zero-order valence-corrected chi connectivity index (χ0v) is 13.2. The van der Waals surface area contributed by atoms with Gasteiger partial charge in [0.05, 0.1) is 0 Å². The van der Waals surface area contributed by atoms with Gasteiger partial charge in [0.1, 0.15) is 17.3 Å². The molecule has 0 aliphatic heterocycles. The van der Waals surface area contributed by atoms with Crippen LogP contribution >= 0.6 is 0 Å². The maximum Gasteiger partial charge on any atom is 0.123 e. The Morgan fingerprint density at radius 1 is 1.24 bits per heavy atom. The SMILES string of the molecule is Cc1ccc(C(C)(C)C[C@@H](C)NCc2cccc(F)c2)o1. The summed E-state index contributed by atoms with van der Waals surface area (Å²) in [5, 5.41) is 3.45. The molecule has 0 amide bonds. The zero-order valence-electron chi connectivity index (χ0n) is 13.2. The van der Waals surface area contributed by atoms with E-state index in [4.69, 9.17) is 4.42 Å². The van der Waals surface area contributed by atoms with E-state index in [0.717, 1.165) is 23.5 Å². The highest BCUT2D eigenvalue weighted by atomic mass is 19.1. The number of benzene rings is 1. The Morgan fingerprint density at radius 3 is 2.62 bits per heavy atom. The maximum atomic E-state index is 13.1. The molecule has 0 bridgehead atoms. The van der Waals surface area contributed by atoms with Gasteiger partial charge in [-0.1, -0.05) is 26.0 Å². The summed E-state index contributed by atoms with van der Waals surface area (Å²) in [5.74, 6) is 1.77. The van der Waals surface area contributed by atoms with Crippen LogP contribution in [0.4, 0.5) is 4.39 Å². The van der Waals surface area contributed by atoms with Gasteiger partial charge in [0.25, 0.3) is 0 Å². The lowest BCUT2D eigenvalue weighted by Gasteiger charge is -2.26. The normalized spacial score (nSPS) is 13.4. The molecule has 0 aliphatic carbocycles. The van der Waals surface area contributed by atoms with Crippen LogP contribution in [-0.4, -0.2) is 6.04 Å². The molecule has 0 unspecified atom stereocenters. The highest BCUT2D eigenvalue weighted by Gasteiger charge is 2.26. The molecule has 0 fully saturated rings. The van der Waals surface area contributed by atoms with Crippen LogP contribution in [0.1, 0.15) is 44.3 Å². The summed E-state index contributed by atoms with van der Waals surface area (Å²) in [4.78, 5) is 0. The number of rotatable bonds is 6. The first kappa shape index (κ1) is 15.8. The monoisotopic (exact) mass is 289 g/mol. The minimum absolute atomic E-state index is 0.0252. The summed E-state index contributed by atoms with van der Waals surface area (Å²) < 4.78 is 18.9. The van der Waals surface area contributed by atoms with E-state index in [1.54, 1.807) is 12.1 Å². The van der Waals surface area contributed by atoms with Crippen LogP contribution in [0.2, 0.25) is 0 Å². The predicted molar refractivity (Wildman–Crippen MR) is 83.8 cm³/mol. The number of hydrogen-bond donors (Lipinski definition) is 1. The van der Waals surface area contributed by atoms with Crippen molar-refractivity contribution in [3.63, 3.8) is 0 Å². The van der Waals surface area contributed by atoms with Crippen molar-refractivity contribution in [1.82, 2.24) is 5.32 Å². The molecule has 2 rings (SSSR count). The standard InChI is InChI=1S/C18H24FNO/c1-13(20-12-15-6-5-7-16(19)10-15)11-18(3,4)17-9-8-14(2)21-17/h5-10,13,20H,11-12H2,1-4H3/t13-/m1/s1. The van der Waals surface area contributed by atoms with Gasteiger partial charge >= 0.3 is 0 Å². The van der Waals surface area contributed by atoms with E-state index in [9.17, 15) is 4.39 Å². The average Bonchev–Trinajstić information content (AvgIpc) is 2.84. The third kappa shape index (κ3) is 4.43. The Labute approximate surface area is 126 Å². The first-order chi connectivity index (χ1) is 9.87. The van der Waals surface area contributed by atoms with Gasteiger partial charge in [-0.25, -0.2) is 4.39 Å². The van der Waals surface area contributed by atoms with Crippen molar-refractivity contribution in [3.05, 3.63) is 59.3 Å². The van der Waals surface area contributed by atoms with Gasteiger partial charge < -0.3 is 9.73 Å². The molecule has 1 aromatic heterocycles. The van der Waals surface area contributed by atoms with E-state index in [1.165, 1.54) is 6.07 Å². The molecule has 2 aromatic rings. The Balaban J connectivity index is 1.90. The quantitative estimate of drug-likeness (QED) is 0.842. The highest BCUT2D eigenvalue weighted by molar-refractivity contribution is 5.17. The molecule has 1 N–H and O–H groups in total. The molecule has 0 radical (unpaired) electrons. The molecule has 2 nitrogen and oxygen atoms in total. The topological polar surface area (TPSA) is 25.2 Å². The van der Waals surface area contributed by atoms with Crippen molar-refractivity contribution in [2.45, 2.75) is 52.1 Å². The van der Waals surface area contributed by atoms with Crippen LogP contribution in [0.25, 0.3) is 0 Å². The van der Waals surface area contributed by atoms with Gasteiger partial charge in [0.15, 0.2) is 0 Å². The Bertz CT molecular complexity index is 588. The molecule has 0 saturated carbocycles. The third-order valence-corrected chi connectivity index (χ3v) is 3.77. The molecular formula is C18H24FNO. The molecule has 0 spiro atoms. The lowest BCUT2D eigenvalue weighted by atomic mass is 9.83. The first-order valence-electron chi connectivity index (χ1n) is 7.41. The number of nitrogens with one attached hydrogen (secondary N) is 1. The lowest BCUT2D eigenvalue weighted by Crippen LogP contribution is -2.32.